The molecule has 2 rings (SSSR count). The fourth-order valence-corrected chi connectivity index (χ4v) is 3.02. The van der Waals surface area contributed by atoms with Gasteiger partial charge in [-0.05, 0) is 18.8 Å². The molecule has 0 radical (unpaired) electrons. The Kier molecular flexibility index (Phi) is 4.94. The van der Waals surface area contributed by atoms with E-state index in [1.165, 1.54) is 11.3 Å². The van der Waals surface area contributed by atoms with Gasteiger partial charge in [-0.3, -0.25) is 4.79 Å². The molecule has 0 saturated heterocycles. The number of aromatic nitrogens is 1. The van der Waals surface area contributed by atoms with Gasteiger partial charge < -0.3 is 10.4 Å². The van der Waals surface area contributed by atoms with Gasteiger partial charge in [0.2, 0.25) is 5.91 Å². The Bertz CT molecular complexity index is 501. The van der Waals surface area contributed by atoms with Crippen LogP contribution in [-0.4, -0.2) is 22.6 Å². The van der Waals surface area contributed by atoms with Crippen LogP contribution in [0.4, 0.5) is 5.13 Å². The third-order valence-corrected chi connectivity index (χ3v) is 4.21. The van der Waals surface area contributed by atoms with E-state index in [0.717, 1.165) is 24.1 Å². The first kappa shape index (κ1) is 14.0. The molecule has 19 heavy (non-hydrogen) atoms. The SMILES string of the molecule is CC1CCCC1C(=O)Nc1ncc(C#CCCO)s1. The number of amides is 1. The number of aliphatic hydroxyl groups excluding tert-OH is 1. The van der Waals surface area contributed by atoms with Gasteiger partial charge in [0.05, 0.1) is 17.7 Å². The number of hydrogen-bond donors (Lipinski definition) is 2. The van der Waals surface area contributed by atoms with Crippen molar-refractivity contribution in [3.05, 3.63) is 11.1 Å². The van der Waals surface area contributed by atoms with E-state index >= 15 is 0 Å². The van der Waals surface area contributed by atoms with Crippen molar-refractivity contribution in [2.45, 2.75) is 32.6 Å². The van der Waals surface area contributed by atoms with Crippen LogP contribution >= 0.6 is 11.3 Å². The van der Waals surface area contributed by atoms with Crippen LogP contribution in [0, 0.1) is 23.7 Å². The molecule has 2 N–H and O–H groups in total. The van der Waals surface area contributed by atoms with Crippen LogP contribution in [0.1, 0.15) is 37.5 Å². The molecular formula is C14H18N2O2S. The summed E-state index contributed by atoms with van der Waals surface area (Å²) in [5.74, 6) is 6.41. The molecule has 1 fully saturated rings. The first-order chi connectivity index (χ1) is 9.20. The maximum absolute atomic E-state index is 12.1. The molecule has 5 heteroatoms. The van der Waals surface area contributed by atoms with Gasteiger partial charge in [-0.25, -0.2) is 4.98 Å². The van der Waals surface area contributed by atoms with Crippen LogP contribution < -0.4 is 5.32 Å². The van der Waals surface area contributed by atoms with Gasteiger partial charge in [0.25, 0.3) is 0 Å². The predicted octanol–water partition coefficient (Wildman–Crippen LogP) is 2.25. The summed E-state index contributed by atoms with van der Waals surface area (Å²) in [7, 11) is 0. The molecule has 1 heterocycles. The minimum atomic E-state index is 0.0644. The van der Waals surface area contributed by atoms with Gasteiger partial charge in [0.15, 0.2) is 5.13 Å². The van der Waals surface area contributed by atoms with Crippen molar-refractivity contribution in [1.82, 2.24) is 4.98 Å². The van der Waals surface area contributed by atoms with Gasteiger partial charge in [-0.2, -0.15) is 0 Å². The first-order valence-electron chi connectivity index (χ1n) is 6.57. The number of rotatable bonds is 3. The smallest absolute Gasteiger partial charge is 0.229 e. The lowest BCUT2D eigenvalue weighted by molar-refractivity contribution is -0.120. The Morgan fingerprint density at radius 3 is 3.16 bits per heavy atom. The Hall–Kier alpha value is -1.38. The second-order valence-corrected chi connectivity index (χ2v) is 5.84. The van der Waals surface area contributed by atoms with Crippen LogP contribution in [0.15, 0.2) is 6.20 Å². The van der Waals surface area contributed by atoms with Crippen molar-refractivity contribution in [3.63, 3.8) is 0 Å². The molecule has 102 valence electrons. The van der Waals surface area contributed by atoms with Crippen LogP contribution in [0.2, 0.25) is 0 Å². The molecule has 0 aliphatic heterocycles. The van der Waals surface area contributed by atoms with Crippen molar-refractivity contribution in [3.8, 4) is 11.8 Å². The van der Waals surface area contributed by atoms with Crippen LogP contribution in [-0.2, 0) is 4.79 Å². The first-order valence-corrected chi connectivity index (χ1v) is 7.38. The van der Waals surface area contributed by atoms with Gasteiger partial charge in [0, 0.05) is 12.3 Å². The van der Waals surface area contributed by atoms with E-state index in [2.05, 4.69) is 29.1 Å². The lowest BCUT2D eigenvalue weighted by Gasteiger charge is -2.13. The fraction of sp³-hybridized carbons (Fsp3) is 0.571. The van der Waals surface area contributed by atoms with Crippen LogP contribution in [0.25, 0.3) is 0 Å². The summed E-state index contributed by atoms with van der Waals surface area (Å²) in [6.45, 7) is 2.19. The molecule has 2 atom stereocenters. The normalized spacial score (nSPS) is 21.8. The fourth-order valence-electron chi connectivity index (χ4n) is 2.33. The Morgan fingerprint density at radius 2 is 2.47 bits per heavy atom. The highest BCUT2D eigenvalue weighted by molar-refractivity contribution is 7.16. The van der Waals surface area contributed by atoms with E-state index in [-0.39, 0.29) is 18.4 Å². The Balaban J connectivity index is 1.93. The monoisotopic (exact) mass is 278 g/mol. The lowest BCUT2D eigenvalue weighted by atomic mass is 9.97. The van der Waals surface area contributed by atoms with E-state index in [1.54, 1.807) is 6.20 Å². The topological polar surface area (TPSA) is 62.2 Å². The average molecular weight is 278 g/mol. The van der Waals surface area contributed by atoms with Gasteiger partial charge in [-0.1, -0.05) is 36.5 Å². The minimum absolute atomic E-state index is 0.0644. The van der Waals surface area contributed by atoms with E-state index in [1.807, 2.05) is 0 Å². The predicted molar refractivity (Wildman–Crippen MR) is 75.8 cm³/mol. The summed E-state index contributed by atoms with van der Waals surface area (Å²) < 4.78 is 0. The Labute approximate surface area is 117 Å². The molecule has 1 aromatic heterocycles. The maximum Gasteiger partial charge on any atom is 0.229 e. The second kappa shape index (κ2) is 6.69. The van der Waals surface area contributed by atoms with Crippen molar-refractivity contribution < 1.29 is 9.90 Å². The van der Waals surface area contributed by atoms with Gasteiger partial charge in [0.1, 0.15) is 0 Å². The standard InChI is InChI=1S/C14H18N2O2S/c1-10-5-4-7-12(10)13(18)16-14-15-9-11(19-14)6-2-3-8-17/h9-10,12,17H,3-5,7-8H2,1H3,(H,15,16,18). The summed E-state index contributed by atoms with van der Waals surface area (Å²) in [4.78, 5) is 17.0. The van der Waals surface area contributed by atoms with Crippen LogP contribution in [0.3, 0.4) is 0 Å². The average Bonchev–Trinajstić information content (AvgIpc) is 2.99. The number of aliphatic hydroxyl groups is 1. The molecule has 4 nitrogen and oxygen atoms in total. The molecule has 1 aliphatic carbocycles. The minimum Gasteiger partial charge on any atom is -0.395 e. The molecular weight excluding hydrogens is 260 g/mol. The van der Waals surface area contributed by atoms with Crippen molar-refractivity contribution in [2.24, 2.45) is 11.8 Å². The zero-order valence-electron chi connectivity index (χ0n) is 11.0. The molecule has 1 saturated carbocycles. The highest BCUT2D eigenvalue weighted by Crippen LogP contribution is 2.32. The van der Waals surface area contributed by atoms with E-state index < -0.39 is 0 Å². The van der Waals surface area contributed by atoms with E-state index in [9.17, 15) is 4.79 Å². The number of anilines is 1. The quantitative estimate of drug-likeness (QED) is 0.834. The number of hydrogen-bond acceptors (Lipinski definition) is 4. The largest absolute Gasteiger partial charge is 0.395 e. The zero-order chi connectivity index (χ0) is 13.7. The molecule has 1 amide bonds. The zero-order valence-corrected chi connectivity index (χ0v) is 11.8. The summed E-state index contributed by atoms with van der Waals surface area (Å²) in [6, 6.07) is 0. The highest BCUT2D eigenvalue weighted by Gasteiger charge is 2.29. The molecule has 1 aliphatic rings. The molecule has 0 bridgehead atoms. The van der Waals surface area contributed by atoms with E-state index in [0.29, 0.717) is 17.5 Å². The number of carbonyl (C=O) groups excluding carboxylic acids is 1. The summed E-state index contributed by atoms with van der Waals surface area (Å²) in [6.07, 6.45) is 5.35. The molecule has 0 aromatic carbocycles. The summed E-state index contributed by atoms with van der Waals surface area (Å²) in [5.41, 5.74) is 0. The summed E-state index contributed by atoms with van der Waals surface area (Å²) >= 11 is 1.37. The Morgan fingerprint density at radius 1 is 1.63 bits per heavy atom. The van der Waals surface area contributed by atoms with Crippen LogP contribution in [0.5, 0.6) is 0 Å². The van der Waals surface area contributed by atoms with Gasteiger partial charge in [-0.15, -0.1) is 0 Å². The van der Waals surface area contributed by atoms with Crippen molar-refractivity contribution in [2.75, 3.05) is 11.9 Å². The number of nitrogens with zero attached hydrogens (tertiary/aromatic N) is 1. The maximum atomic E-state index is 12.1. The van der Waals surface area contributed by atoms with Crippen molar-refractivity contribution >= 4 is 22.4 Å². The van der Waals surface area contributed by atoms with Gasteiger partial charge >= 0.3 is 0 Å². The van der Waals surface area contributed by atoms with E-state index in [4.69, 9.17) is 5.11 Å². The summed E-state index contributed by atoms with van der Waals surface area (Å²) in [5, 5.41) is 12.1. The number of thiazole rings is 1. The molecule has 1 aromatic rings. The number of carbonyl (C=O) groups is 1. The second-order valence-electron chi connectivity index (χ2n) is 4.81. The molecule has 0 spiro atoms. The van der Waals surface area contributed by atoms with Crippen molar-refractivity contribution in [1.29, 1.82) is 0 Å². The third kappa shape index (κ3) is 3.79. The third-order valence-electron chi connectivity index (χ3n) is 3.38. The lowest BCUT2D eigenvalue weighted by Crippen LogP contribution is -2.24. The highest BCUT2D eigenvalue weighted by atomic mass is 32.1. The number of nitrogens with one attached hydrogen (secondary N) is 1. The molecule has 2 unspecified atom stereocenters.